The molecule has 4 saturated carbocycles. The number of halogens is 5. The van der Waals surface area contributed by atoms with Crippen LogP contribution in [0.25, 0.3) is 0 Å². The van der Waals surface area contributed by atoms with Crippen LogP contribution in [-0.2, 0) is 23.9 Å². The summed E-state index contributed by atoms with van der Waals surface area (Å²) < 4.78 is 57.2. The van der Waals surface area contributed by atoms with Crippen molar-refractivity contribution >= 4 is 39.2 Å². The highest BCUT2D eigenvalue weighted by Gasteiger charge is 2.66. The van der Waals surface area contributed by atoms with Gasteiger partial charge in [-0.15, -0.1) is 0 Å². The van der Waals surface area contributed by atoms with Crippen molar-refractivity contribution in [2.45, 2.75) is 95.7 Å². The highest BCUT2D eigenvalue weighted by molar-refractivity contribution is 9.10. The minimum absolute atomic E-state index is 0.0116. The lowest BCUT2D eigenvalue weighted by Crippen LogP contribution is -2.60. The van der Waals surface area contributed by atoms with Crippen LogP contribution in [0, 0.1) is 46.3 Å². The number of Topliss-reactive ketones (excluding diaryl/α,β-unsaturated/α-hetero) is 3. The van der Waals surface area contributed by atoms with E-state index in [0.717, 1.165) is 19.3 Å². The van der Waals surface area contributed by atoms with Crippen molar-refractivity contribution in [2.75, 3.05) is 6.61 Å². The van der Waals surface area contributed by atoms with Gasteiger partial charge in [0.1, 0.15) is 17.3 Å². The number of rotatable bonds is 8. The van der Waals surface area contributed by atoms with Crippen LogP contribution < -0.4 is 0 Å². The van der Waals surface area contributed by atoms with Gasteiger partial charge in [0.25, 0.3) is 0 Å². The minimum Gasteiger partial charge on any atom is -0.465 e. The van der Waals surface area contributed by atoms with Crippen LogP contribution in [0.1, 0.15) is 85.0 Å². The van der Waals surface area contributed by atoms with E-state index in [1.807, 2.05) is 13.8 Å². The maximum Gasteiger partial charge on any atom is 0.363 e. The molecule has 0 amide bonds. The molecule has 4 aliphatic carbocycles. The molecule has 4 aliphatic rings. The van der Waals surface area contributed by atoms with Gasteiger partial charge in [0, 0.05) is 43.4 Å². The summed E-state index contributed by atoms with van der Waals surface area (Å²) in [6.07, 6.45) is 2.90. The maximum atomic E-state index is 13.8. The van der Waals surface area contributed by atoms with E-state index in [1.165, 1.54) is 0 Å². The standard InChI is InChI=1S/C28H37BrF4O5/c1-15(4-7-23(37)38-11-10-27(30,31)28(29,32)33)18-5-6-19-24-20(14-22(36)26(18,19)3)25(2)9-8-17(34)12-16(25)13-21(24)35/h15-16,18-20,24H,4-14H2,1-3H3/t15-,16?,18-,19?,20+,24+,25+,26-/m1/s1. The molecule has 38 heavy (non-hydrogen) atoms. The van der Waals surface area contributed by atoms with Crippen molar-refractivity contribution in [3.05, 3.63) is 0 Å². The lowest BCUT2D eigenvalue weighted by molar-refractivity contribution is -0.166. The third-order valence-electron chi connectivity index (χ3n) is 10.8. The first kappa shape index (κ1) is 29.7. The van der Waals surface area contributed by atoms with Gasteiger partial charge in [0.2, 0.25) is 0 Å². The van der Waals surface area contributed by atoms with E-state index in [9.17, 15) is 36.7 Å². The number of fused-ring (bicyclic) bond motifs is 5. The summed E-state index contributed by atoms with van der Waals surface area (Å²) >= 11 is 1.65. The largest absolute Gasteiger partial charge is 0.465 e. The fourth-order valence-electron chi connectivity index (χ4n) is 8.44. The topological polar surface area (TPSA) is 77.5 Å². The van der Waals surface area contributed by atoms with Crippen LogP contribution in [0.15, 0.2) is 0 Å². The summed E-state index contributed by atoms with van der Waals surface area (Å²) in [6.45, 7) is 5.27. The molecule has 0 bridgehead atoms. The summed E-state index contributed by atoms with van der Waals surface area (Å²) in [5.74, 6) is -4.91. The van der Waals surface area contributed by atoms with Crippen LogP contribution in [0.3, 0.4) is 0 Å². The van der Waals surface area contributed by atoms with E-state index in [0.29, 0.717) is 32.1 Å². The lowest BCUT2D eigenvalue weighted by atomic mass is 9.44. The van der Waals surface area contributed by atoms with Crippen LogP contribution in [0.5, 0.6) is 0 Å². The van der Waals surface area contributed by atoms with Gasteiger partial charge >= 0.3 is 16.7 Å². The monoisotopic (exact) mass is 608 g/mol. The Morgan fingerprint density at radius 2 is 1.76 bits per heavy atom. The van der Waals surface area contributed by atoms with Gasteiger partial charge in [-0.25, -0.2) is 0 Å². The van der Waals surface area contributed by atoms with Crippen molar-refractivity contribution in [3.8, 4) is 0 Å². The van der Waals surface area contributed by atoms with Crippen molar-refractivity contribution < 1.29 is 41.5 Å². The summed E-state index contributed by atoms with van der Waals surface area (Å²) in [5, 5.41) is 0. The first-order chi connectivity index (χ1) is 17.5. The molecule has 0 aliphatic heterocycles. The zero-order valence-electron chi connectivity index (χ0n) is 22.2. The van der Waals surface area contributed by atoms with Gasteiger partial charge in [-0.05, 0) is 76.6 Å². The molecule has 0 spiro atoms. The number of esters is 1. The molecule has 0 aromatic rings. The van der Waals surface area contributed by atoms with Crippen LogP contribution in [-0.4, -0.2) is 40.7 Å². The van der Waals surface area contributed by atoms with Gasteiger partial charge in [-0.1, -0.05) is 20.8 Å². The third-order valence-corrected chi connectivity index (χ3v) is 11.4. The molecular formula is C28H37BrF4O5. The zero-order valence-corrected chi connectivity index (χ0v) is 23.8. The predicted molar refractivity (Wildman–Crippen MR) is 134 cm³/mol. The van der Waals surface area contributed by atoms with Gasteiger partial charge in [0.15, 0.2) is 0 Å². The molecule has 0 N–H and O–H groups in total. The molecule has 0 radical (unpaired) electrons. The molecule has 2 unspecified atom stereocenters. The van der Waals surface area contributed by atoms with Gasteiger partial charge < -0.3 is 4.74 Å². The van der Waals surface area contributed by atoms with Crippen molar-refractivity contribution in [2.24, 2.45) is 46.3 Å². The quantitative estimate of drug-likeness (QED) is 0.177. The lowest BCUT2D eigenvalue weighted by Gasteiger charge is -2.58. The van der Waals surface area contributed by atoms with Crippen LogP contribution in [0.4, 0.5) is 17.6 Å². The maximum absolute atomic E-state index is 13.8. The normalized spacial score (nSPS) is 38.3. The highest BCUT2D eigenvalue weighted by atomic mass is 79.9. The molecule has 5 nitrogen and oxygen atoms in total. The van der Waals surface area contributed by atoms with Gasteiger partial charge in [-0.2, -0.15) is 17.6 Å². The molecule has 4 rings (SSSR count). The van der Waals surface area contributed by atoms with E-state index in [-0.39, 0.29) is 64.7 Å². The highest BCUT2D eigenvalue weighted by Crippen LogP contribution is 2.66. The second-order valence-electron chi connectivity index (χ2n) is 12.6. The minimum atomic E-state index is -4.38. The number of ether oxygens (including phenoxy) is 1. The Labute approximate surface area is 229 Å². The molecule has 4 fully saturated rings. The summed E-state index contributed by atoms with van der Waals surface area (Å²) in [4.78, 5) is 47.1. The average molecular weight is 609 g/mol. The van der Waals surface area contributed by atoms with E-state index >= 15 is 0 Å². The van der Waals surface area contributed by atoms with Crippen molar-refractivity contribution in [3.63, 3.8) is 0 Å². The second-order valence-corrected chi connectivity index (χ2v) is 13.6. The summed E-state index contributed by atoms with van der Waals surface area (Å²) in [6, 6.07) is 0. The van der Waals surface area contributed by atoms with E-state index in [4.69, 9.17) is 4.74 Å². The summed E-state index contributed by atoms with van der Waals surface area (Å²) in [5.41, 5.74) is -0.871. The number of hydrogen-bond donors (Lipinski definition) is 0. The van der Waals surface area contributed by atoms with E-state index < -0.39 is 35.2 Å². The molecule has 8 atom stereocenters. The van der Waals surface area contributed by atoms with Crippen LogP contribution in [0.2, 0.25) is 0 Å². The van der Waals surface area contributed by atoms with E-state index in [2.05, 4.69) is 6.92 Å². The first-order valence-corrected chi connectivity index (χ1v) is 14.5. The first-order valence-electron chi connectivity index (χ1n) is 13.7. The van der Waals surface area contributed by atoms with Crippen molar-refractivity contribution in [1.29, 1.82) is 0 Å². The summed E-state index contributed by atoms with van der Waals surface area (Å²) in [7, 11) is 0. The molecule has 0 saturated heterocycles. The number of hydrogen-bond acceptors (Lipinski definition) is 5. The molecule has 0 aromatic heterocycles. The molecular weight excluding hydrogens is 572 g/mol. The zero-order chi connectivity index (χ0) is 28.3. The number of carbonyl (C=O) groups excluding carboxylic acids is 4. The average Bonchev–Trinajstić information content (AvgIpc) is 3.17. The number of ketones is 3. The Bertz CT molecular complexity index is 996. The number of alkyl halides is 5. The SMILES string of the molecule is C[C@H](CCC(=O)OCCC(F)(F)C(F)(F)Br)[C@H]1CCC2[C@@H]3C(=O)CC4CC(=O)CC[C@]4(C)[C@H]3CC(=O)[C@@]21C. The smallest absolute Gasteiger partial charge is 0.363 e. The fraction of sp³-hybridized carbons (Fsp3) is 0.857. The predicted octanol–water partition coefficient (Wildman–Crippen LogP) is 6.55. The molecule has 10 heteroatoms. The number of carbonyl (C=O) groups is 4. The van der Waals surface area contributed by atoms with Crippen LogP contribution >= 0.6 is 15.9 Å². The van der Waals surface area contributed by atoms with Crippen molar-refractivity contribution in [1.82, 2.24) is 0 Å². The van der Waals surface area contributed by atoms with E-state index in [1.54, 1.807) is 15.9 Å². The Morgan fingerprint density at radius 1 is 1.08 bits per heavy atom. The molecule has 0 heterocycles. The molecule has 0 aromatic carbocycles. The Hall–Kier alpha value is -1.32. The second kappa shape index (κ2) is 10.3. The molecule has 214 valence electrons. The Morgan fingerprint density at radius 3 is 2.42 bits per heavy atom. The third kappa shape index (κ3) is 5.00. The van der Waals surface area contributed by atoms with Gasteiger partial charge in [0.05, 0.1) is 13.0 Å². The Kier molecular flexibility index (Phi) is 8.01. The fourth-order valence-corrected chi connectivity index (χ4v) is 8.64. The Balaban J connectivity index is 1.39. The van der Waals surface area contributed by atoms with Gasteiger partial charge in [-0.3, -0.25) is 19.2 Å².